The van der Waals surface area contributed by atoms with Crippen molar-refractivity contribution < 1.29 is 42.4 Å². The Morgan fingerprint density at radius 3 is 2.46 bits per heavy atom. The Morgan fingerprint density at radius 1 is 1.17 bits per heavy atom. The van der Waals surface area contributed by atoms with Crippen molar-refractivity contribution in [3.63, 3.8) is 0 Å². The molecule has 2 aliphatic rings. The van der Waals surface area contributed by atoms with Gasteiger partial charge in [-0.15, -0.1) is 0 Å². The van der Waals surface area contributed by atoms with Crippen molar-refractivity contribution >= 4 is 15.8 Å². The molecule has 2 heterocycles. The van der Waals surface area contributed by atoms with Gasteiger partial charge in [0.05, 0.1) is 65.9 Å². The van der Waals surface area contributed by atoms with E-state index in [-0.39, 0.29) is 41.2 Å². The molecule has 0 amide bonds. The Bertz CT molecular complexity index is 1100. The molecule has 1 aromatic rings. The molecule has 2 saturated heterocycles. The molecule has 0 aromatic heterocycles. The van der Waals surface area contributed by atoms with Crippen LogP contribution in [0.5, 0.6) is 0 Å². The van der Waals surface area contributed by atoms with Crippen LogP contribution >= 0.6 is 0 Å². The summed E-state index contributed by atoms with van der Waals surface area (Å²) in [6.45, 7) is 11.8. The number of hydrogen-bond acceptors (Lipinski definition) is 9. The number of benzene rings is 1. The second-order valence-electron chi connectivity index (χ2n) is 12.5. The summed E-state index contributed by atoms with van der Waals surface area (Å²) in [5.74, 6) is -0.757. The van der Waals surface area contributed by atoms with Crippen LogP contribution in [0.15, 0.2) is 47.4 Å². The Morgan fingerprint density at radius 2 is 1.85 bits per heavy atom. The van der Waals surface area contributed by atoms with E-state index in [1.165, 1.54) is 7.11 Å². The van der Waals surface area contributed by atoms with Gasteiger partial charge in [0, 0.05) is 25.9 Å². The summed E-state index contributed by atoms with van der Waals surface area (Å²) in [5, 5.41) is 19.6. The zero-order valence-electron chi connectivity index (χ0n) is 25.0. The van der Waals surface area contributed by atoms with Gasteiger partial charge in [0.25, 0.3) is 0 Å². The van der Waals surface area contributed by atoms with Crippen molar-refractivity contribution in [3.05, 3.63) is 42.5 Å². The zero-order valence-corrected chi connectivity index (χ0v) is 25.8. The summed E-state index contributed by atoms with van der Waals surface area (Å²) in [4.78, 5) is 12.3. The van der Waals surface area contributed by atoms with Crippen LogP contribution in [0.2, 0.25) is 0 Å². The topological polar surface area (TPSA) is 129 Å². The van der Waals surface area contributed by atoms with E-state index in [1.54, 1.807) is 30.3 Å². The molecule has 3 rings (SSSR count). The molecule has 2 fully saturated rings. The molecule has 0 saturated carbocycles. The minimum atomic E-state index is -3.66. The molecule has 5 unspecified atom stereocenters. The molecule has 1 aromatic carbocycles. The smallest absolute Gasteiger partial charge is 0.311 e. The molecule has 10 heteroatoms. The summed E-state index contributed by atoms with van der Waals surface area (Å²) in [5.41, 5.74) is 0.386. The van der Waals surface area contributed by atoms with E-state index in [9.17, 15) is 23.4 Å². The lowest BCUT2D eigenvalue weighted by molar-refractivity contribution is -0.153. The van der Waals surface area contributed by atoms with Crippen LogP contribution in [-0.4, -0.2) is 87.3 Å². The summed E-state index contributed by atoms with van der Waals surface area (Å²) >= 11 is 0. The van der Waals surface area contributed by atoms with Gasteiger partial charge in [0.2, 0.25) is 0 Å². The standard InChI is InChI=1S/C31H48O9S/c1-20-15-23(11-10-14-38-30(34)31(3,4)5)39-26(21(20)2)17-27-25(19-41(35,36)24-12-8-7-9-13-24)29(37-6)28(40-27)16-22(33)18-32/h7-9,12-13,20,22-23,25-29,32-33H,2,10-11,14-19H2,1,3-6H3/t20?,22?,23?,25?,26?,27-,28+,29+/m0/s1. The third kappa shape index (κ3) is 9.08. The number of methoxy groups -OCH3 is 1. The number of carbonyl (C=O) groups is 1. The maximum atomic E-state index is 13.4. The number of rotatable bonds is 13. The fraction of sp³-hybridized carbons (Fsp3) is 0.710. The van der Waals surface area contributed by atoms with Crippen LogP contribution in [0.1, 0.15) is 59.8 Å². The normalized spacial score (nSPS) is 29.8. The lowest BCUT2D eigenvalue weighted by atomic mass is 9.83. The zero-order chi connectivity index (χ0) is 30.4. The van der Waals surface area contributed by atoms with Gasteiger partial charge in [-0.1, -0.05) is 31.7 Å². The fourth-order valence-corrected chi connectivity index (χ4v) is 7.37. The second kappa shape index (κ2) is 14.6. The SMILES string of the molecule is C=C1C(C)CC(CCCOC(=O)C(C)(C)C)OC1C[C@@H]1O[C@H](CC(O)CO)[C@H](OC)C1CS(=O)(=O)c1ccccc1. The minimum absolute atomic E-state index is 0.0630. The number of aliphatic hydroxyl groups is 2. The maximum Gasteiger partial charge on any atom is 0.311 e. The van der Waals surface area contributed by atoms with Crippen molar-refractivity contribution in [2.75, 3.05) is 26.1 Å². The van der Waals surface area contributed by atoms with Crippen molar-refractivity contribution in [3.8, 4) is 0 Å². The quantitative estimate of drug-likeness (QED) is 0.199. The third-order valence-electron chi connectivity index (χ3n) is 8.10. The first-order valence-electron chi connectivity index (χ1n) is 14.5. The van der Waals surface area contributed by atoms with Gasteiger partial charge in [-0.25, -0.2) is 8.42 Å². The van der Waals surface area contributed by atoms with E-state index in [2.05, 4.69) is 13.5 Å². The molecule has 0 bridgehead atoms. The van der Waals surface area contributed by atoms with Crippen LogP contribution in [0.3, 0.4) is 0 Å². The van der Waals surface area contributed by atoms with Crippen molar-refractivity contribution in [1.82, 2.24) is 0 Å². The number of ether oxygens (including phenoxy) is 4. The van der Waals surface area contributed by atoms with E-state index in [0.717, 1.165) is 18.4 Å². The highest BCUT2D eigenvalue weighted by Crippen LogP contribution is 2.40. The Balaban J connectivity index is 1.74. The maximum absolute atomic E-state index is 13.4. The monoisotopic (exact) mass is 596 g/mol. The fourth-order valence-electron chi connectivity index (χ4n) is 5.69. The van der Waals surface area contributed by atoms with Gasteiger partial charge in [0.15, 0.2) is 9.84 Å². The molecule has 0 spiro atoms. The predicted molar refractivity (Wildman–Crippen MR) is 155 cm³/mol. The van der Waals surface area contributed by atoms with Crippen LogP contribution in [0.4, 0.5) is 0 Å². The molecule has 2 N–H and O–H groups in total. The summed E-state index contributed by atoms with van der Waals surface area (Å²) in [6.07, 6.45) is -0.461. The highest BCUT2D eigenvalue weighted by Gasteiger charge is 2.48. The largest absolute Gasteiger partial charge is 0.465 e. The van der Waals surface area contributed by atoms with Crippen molar-refractivity contribution in [2.45, 2.75) is 101 Å². The number of aliphatic hydroxyl groups excluding tert-OH is 2. The summed E-state index contributed by atoms with van der Waals surface area (Å²) in [7, 11) is -2.15. The molecule has 8 atom stereocenters. The molecule has 232 valence electrons. The minimum Gasteiger partial charge on any atom is -0.465 e. The molecule has 2 aliphatic heterocycles. The van der Waals surface area contributed by atoms with Crippen LogP contribution in [0, 0.1) is 17.3 Å². The first-order valence-corrected chi connectivity index (χ1v) is 16.2. The lowest BCUT2D eigenvalue weighted by Crippen LogP contribution is -2.40. The Hall–Kier alpha value is -1.82. The van der Waals surface area contributed by atoms with E-state index < -0.39 is 52.2 Å². The number of hydrogen-bond donors (Lipinski definition) is 2. The predicted octanol–water partition coefficient (Wildman–Crippen LogP) is 3.71. The van der Waals surface area contributed by atoms with E-state index >= 15 is 0 Å². The lowest BCUT2D eigenvalue weighted by Gasteiger charge is -2.38. The molecule has 0 radical (unpaired) electrons. The molecular weight excluding hydrogens is 548 g/mol. The summed E-state index contributed by atoms with van der Waals surface area (Å²) in [6, 6.07) is 8.30. The second-order valence-corrected chi connectivity index (χ2v) is 14.5. The highest BCUT2D eigenvalue weighted by atomic mass is 32.2. The molecule has 41 heavy (non-hydrogen) atoms. The van der Waals surface area contributed by atoms with Crippen LogP contribution < -0.4 is 0 Å². The Labute approximate surface area is 245 Å². The average molecular weight is 597 g/mol. The highest BCUT2D eigenvalue weighted by molar-refractivity contribution is 7.91. The van der Waals surface area contributed by atoms with Gasteiger partial charge >= 0.3 is 5.97 Å². The third-order valence-corrected chi connectivity index (χ3v) is 9.91. The van der Waals surface area contributed by atoms with Gasteiger partial charge in [-0.3, -0.25) is 4.79 Å². The van der Waals surface area contributed by atoms with E-state index in [4.69, 9.17) is 18.9 Å². The van der Waals surface area contributed by atoms with Gasteiger partial charge in [0.1, 0.15) is 0 Å². The average Bonchev–Trinajstić information content (AvgIpc) is 3.23. The Kier molecular flexibility index (Phi) is 12.0. The molecule has 0 aliphatic carbocycles. The van der Waals surface area contributed by atoms with Crippen molar-refractivity contribution in [2.24, 2.45) is 17.3 Å². The van der Waals surface area contributed by atoms with Crippen LogP contribution in [0.25, 0.3) is 0 Å². The molecule has 9 nitrogen and oxygen atoms in total. The first-order chi connectivity index (χ1) is 19.3. The molecular formula is C31H48O9S. The van der Waals surface area contributed by atoms with Crippen molar-refractivity contribution in [1.29, 1.82) is 0 Å². The van der Waals surface area contributed by atoms with E-state index in [0.29, 0.717) is 19.4 Å². The van der Waals surface area contributed by atoms with Gasteiger partial charge < -0.3 is 29.2 Å². The van der Waals surface area contributed by atoms with Gasteiger partial charge in [-0.05, 0) is 63.7 Å². The van der Waals surface area contributed by atoms with E-state index in [1.807, 2.05) is 20.8 Å². The number of esters is 1. The first kappa shape index (κ1) is 33.7. The van der Waals surface area contributed by atoms with Crippen LogP contribution in [-0.2, 0) is 33.6 Å². The summed E-state index contributed by atoms with van der Waals surface area (Å²) < 4.78 is 50.9. The number of carbonyl (C=O) groups excluding carboxylic acids is 1. The number of sulfone groups is 1. The van der Waals surface area contributed by atoms with Gasteiger partial charge in [-0.2, -0.15) is 0 Å².